The van der Waals surface area contributed by atoms with E-state index in [2.05, 4.69) is 15.2 Å². The van der Waals surface area contributed by atoms with Gasteiger partial charge < -0.3 is 15.0 Å². The summed E-state index contributed by atoms with van der Waals surface area (Å²) in [6.07, 6.45) is 11.0. The number of guanidine groups is 1. The maximum atomic E-state index is 5.61. The number of nitrogens with one attached hydrogen (secondary N) is 1. The predicted molar refractivity (Wildman–Crippen MR) is 102 cm³/mol. The Morgan fingerprint density at radius 2 is 2.14 bits per heavy atom. The van der Waals surface area contributed by atoms with Crippen molar-refractivity contribution in [1.29, 1.82) is 0 Å². The minimum Gasteiger partial charge on any atom is -0.381 e. The van der Waals surface area contributed by atoms with E-state index in [4.69, 9.17) is 4.74 Å². The van der Waals surface area contributed by atoms with Crippen molar-refractivity contribution in [3.05, 3.63) is 0 Å². The largest absolute Gasteiger partial charge is 0.381 e. The number of likely N-dealkylation sites (tertiary alicyclic amines) is 1. The van der Waals surface area contributed by atoms with Crippen LogP contribution in [-0.4, -0.2) is 50.8 Å². The first-order chi connectivity index (χ1) is 10.3. The van der Waals surface area contributed by atoms with Gasteiger partial charge in [0.2, 0.25) is 0 Å². The van der Waals surface area contributed by atoms with Crippen LogP contribution in [0.3, 0.4) is 0 Å². The van der Waals surface area contributed by atoms with Gasteiger partial charge in [-0.25, -0.2) is 0 Å². The van der Waals surface area contributed by atoms with Crippen molar-refractivity contribution in [2.45, 2.75) is 51.4 Å². The van der Waals surface area contributed by atoms with Gasteiger partial charge in [-0.1, -0.05) is 25.7 Å². The minimum absolute atomic E-state index is 0. The zero-order valence-electron chi connectivity index (χ0n) is 14.0. The summed E-state index contributed by atoms with van der Waals surface area (Å²) in [5.41, 5.74) is 0.418. The number of nitrogens with zero attached hydrogens (tertiary/aromatic N) is 2. The predicted octanol–water partition coefficient (Wildman–Crippen LogP) is 3.26. The fourth-order valence-electron chi connectivity index (χ4n) is 4.31. The molecule has 1 aliphatic carbocycles. The average molecular weight is 421 g/mol. The fraction of sp³-hybridized carbons (Fsp3) is 0.941. The molecule has 22 heavy (non-hydrogen) atoms. The maximum Gasteiger partial charge on any atom is 0.193 e. The molecule has 1 N–H and O–H groups in total. The highest BCUT2D eigenvalue weighted by Crippen LogP contribution is 2.38. The van der Waals surface area contributed by atoms with Crippen molar-refractivity contribution >= 4 is 29.9 Å². The Labute approximate surface area is 152 Å². The number of hydrogen-bond donors (Lipinski definition) is 1. The van der Waals surface area contributed by atoms with Gasteiger partial charge in [0.05, 0.1) is 6.61 Å². The zero-order valence-corrected chi connectivity index (χ0v) is 16.3. The van der Waals surface area contributed by atoms with Gasteiger partial charge in [-0.15, -0.1) is 24.0 Å². The van der Waals surface area contributed by atoms with Crippen molar-refractivity contribution in [2.75, 3.05) is 39.9 Å². The van der Waals surface area contributed by atoms with Gasteiger partial charge in [-0.05, 0) is 31.6 Å². The van der Waals surface area contributed by atoms with Crippen LogP contribution >= 0.6 is 24.0 Å². The molecule has 0 amide bonds. The SMILES string of the molecule is CN=C(NCCCC1CCCC1)N1CCC2(CCOC2)C1.I. The van der Waals surface area contributed by atoms with Gasteiger partial charge in [0.25, 0.3) is 0 Å². The highest BCUT2D eigenvalue weighted by Gasteiger charge is 2.42. The third-order valence-electron chi connectivity index (χ3n) is 5.68. The Balaban J connectivity index is 0.00000176. The zero-order chi connectivity index (χ0) is 14.5. The molecule has 0 aromatic carbocycles. The van der Waals surface area contributed by atoms with Crippen LogP contribution in [0.4, 0.5) is 0 Å². The topological polar surface area (TPSA) is 36.9 Å². The lowest BCUT2D eigenvalue weighted by molar-refractivity contribution is 0.156. The molecule has 128 valence electrons. The van der Waals surface area contributed by atoms with Gasteiger partial charge in [-0.2, -0.15) is 0 Å². The van der Waals surface area contributed by atoms with Gasteiger partial charge in [0.1, 0.15) is 0 Å². The quantitative estimate of drug-likeness (QED) is 0.328. The summed E-state index contributed by atoms with van der Waals surface area (Å²) in [6.45, 7) is 5.22. The second-order valence-corrected chi connectivity index (χ2v) is 7.24. The van der Waals surface area contributed by atoms with Crippen molar-refractivity contribution in [3.8, 4) is 0 Å². The van der Waals surface area contributed by atoms with Crippen LogP contribution < -0.4 is 5.32 Å². The molecule has 3 rings (SSSR count). The summed E-state index contributed by atoms with van der Waals surface area (Å²) in [4.78, 5) is 6.92. The smallest absolute Gasteiger partial charge is 0.193 e. The third-order valence-corrected chi connectivity index (χ3v) is 5.68. The van der Waals surface area contributed by atoms with E-state index in [1.54, 1.807) is 0 Å². The molecule has 2 saturated heterocycles. The molecule has 1 unspecified atom stereocenters. The lowest BCUT2D eigenvalue weighted by atomic mass is 9.87. The molecule has 1 spiro atoms. The summed E-state index contributed by atoms with van der Waals surface area (Å²) >= 11 is 0. The first-order valence-corrected chi connectivity index (χ1v) is 8.85. The Morgan fingerprint density at radius 3 is 2.82 bits per heavy atom. The van der Waals surface area contributed by atoms with Crippen LogP contribution in [0, 0.1) is 11.3 Å². The molecule has 1 saturated carbocycles. The number of halogens is 1. The lowest BCUT2D eigenvalue weighted by Gasteiger charge is -2.25. The maximum absolute atomic E-state index is 5.61. The van der Waals surface area contributed by atoms with Gasteiger partial charge >= 0.3 is 0 Å². The summed E-state index contributed by atoms with van der Waals surface area (Å²) in [5.74, 6) is 2.10. The number of hydrogen-bond acceptors (Lipinski definition) is 2. The first kappa shape index (κ1) is 18.3. The molecule has 4 nitrogen and oxygen atoms in total. The number of rotatable bonds is 4. The van der Waals surface area contributed by atoms with Crippen molar-refractivity contribution in [1.82, 2.24) is 10.2 Å². The van der Waals surface area contributed by atoms with E-state index in [0.717, 1.165) is 44.7 Å². The van der Waals surface area contributed by atoms with E-state index in [-0.39, 0.29) is 24.0 Å². The second kappa shape index (κ2) is 8.71. The molecule has 0 aromatic heterocycles. The molecule has 0 radical (unpaired) electrons. The summed E-state index contributed by atoms with van der Waals surface area (Å²) in [5, 5.41) is 3.58. The molecule has 2 aliphatic heterocycles. The van der Waals surface area contributed by atoms with E-state index in [0.29, 0.717) is 5.41 Å². The summed E-state index contributed by atoms with van der Waals surface area (Å²) < 4.78 is 5.61. The molecular weight excluding hydrogens is 389 g/mol. The first-order valence-electron chi connectivity index (χ1n) is 8.85. The van der Waals surface area contributed by atoms with Gasteiger partial charge in [-0.3, -0.25) is 4.99 Å². The van der Waals surface area contributed by atoms with Crippen LogP contribution in [0.5, 0.6) is 0 Å². The van der Waals surface area contributed by atoms with Crippen LogP contribution in [0.2, 0.25) is 0 Å². The van der Waals surface area contributed by atoms with Crippen LogP contribution in [0.15, 0.2) is 4.99 Å². The standard InChI is InChI=1S/C17H31N3O.HI/c1-18-16(19-10-4-7-15-5-2-3-6-15)20-11-8-17(13-20)9-12-21-14-17;/h15H,2-14H2,1H3,(H,18,19);1H. The number of aliphatic imine (C=N–C) groups is 1. The Kier molecular flexibility index (Phi) is 7.25. The fourth-order valence-corrected chi connectivity index (χ4v) is 4.31. The minimum atomic E-state index is 0. The van der Waals surface area contributed by atoms with Crippen LogP contribution in [0.1, 0.15) is 51.4 Å². The second-order valence-electron chi connectivity index (χ2n) is 7.24. The van der Waals surface area contributed by atoms with Crippen LogP contribution in [-0.2, 0) is 4.74 Å². The monoisotopic (exact) mass is 421 g/mol. The van der Waals surface area contributed by atoms with Crippen molar-refractivity contribution in [3.63, 3.8) is 0 Å². The Bertz CT molecular complexity index is 363. The highest BCUT2D eigenvalue weighted by atomic mass is 127. The summed E-state index contributed by atoms with van der Waals surface area (Å²) in [7, 11) is 1.91. The van der Waals surface area contributed by atoms with E-state index in [9.17, 15) is 0 Å². The van der Waals surface area contributed by atoms with E-state index in [1.807, 2.05) is 7.05 Å². The van der Waals surface area contributed by atoms with Gasteiger partial charge in [0, 0.05) is 38.7 Å². The molecule has 3 fully saturated rings. The van der Waals surface area contributed by atoms with E-state index in [1.165, 1.54) is 51.4 Å². The van der Waals surface area contributed by atoms with Gasteiger partial charge in [0.15, 0.2) is 5.96 Å². The molecule has 1 atom stereocenters. The number of ether oxygens (including phenoxy) is 1. The Hall–Kier alpha value is -0.0400. The summed E-state index contributed by atoms with van der Waals surface area (Å²) in [6, 6.07) is 0. The third kappa shape index (κ3) is 4.49. The van der Waals surface area contributed by atoms with E-state index < -0.39 is 0 Å². The Morgan fingerprint density at radius 1 is 1.32 bits per heavy atom. The lowest BCUT2D eigenvalue weighted by Crippen LogP contribution is -2.41. The molecule has 3 aliphatic rings. The molecular formula is C17H32IN3O. The van der Waals surface area contributed by atoms with Crippen LogP contribution in [0.25, 0.3) is 0 Å². The van der Waals surface area contributed by atoms with E-state index >= 15 is 0 Å². The molecule has 0 bridgehead atoms. The normalized spacial score (nSPS) is 29.3. The van der Waals surface area contributed by atoms with Crippen molar-refractivity contribution < 1.29 is 4.74 Å². The average Bonchev–Trinajstić information content (AvgIpc) is 3.24. The molecule has 5 heteroatoms. The molecule has 0 aromatic rings. The van der Waals surface area contributed by atoms with Crippen molar-refractivity contribution in [2.24, 2.45) is 16.3 Å². The molecule has 2 heterocycles. The highest BCUT2D eigenvalue weighted by molar-refractivity contribution is 14.0.